The average molecular weight is 294 g/mol. The minimum atomic E-state index is -0.177. The summed E-state index contributed by atoms with van der Waals surface area (Å²) in [6.07, 6.45) is 2.75. The molecule has 1 unspecified atom stereocenters. The van der Waals surface area contributed by atoms with Crippen LogP contribution in [-0.4, -0.2) is 29.6 Å². The van der Waals surface area contributed by atoms with E-state index in [1.807, 2.05) is 13.0 Å². The lowest BCUT2D eigenvalue weighted by atomic mass is 9.79. The first-order chi connectivity index (χ1) is 9.94. The molecule has 120 valence electrons. The van der Waals surface area contributed by atoms with E-state index in [-0.39, 0.29) is 17.4 Å². The number of hydrogen-bond acceptors (Lipinski definition) is 2. The molecular formula is C18H31FN2. The van der Waals surface area contributed by atoms with Crippen molar-refractivity contribution >= 4 is 0 Å². The van der Waals surface area contributed by atoms with Gasteiger partial charge in [-0.2, -0.15) is 0 Å². The summed E-state index contributed by atoms with van der Waals surface area (Å²) in [7, 11) is 0. The minimum absolute atomic E-state index is 0.00731. The van der Waals surface area contributed by atoms with Crippen molar-refractivity contribution in [1.82, 2.24) is 4.90 Å². The molecule has 2 nitrogen and oxygen atoms in total. The molecule has 0 aliphatic heterocycles. The second-order valence-corrected chi connectivity index (χ2v) is 5.86. The van der Waals surface area contributed by atoms with E-state index < -0.39 is 0 Å². The fourth-order valence-corrected chi connectivity index (χ4v) is 3.60. The smallest absolute Gasteiger partial charge is 0.123 e. The molecule has 0 radical (unpaired) electrons. The zero-order valence-electron chi connectivity index (χ0n) is 14.2. The van der Waals surface area contributed by atoms with Crippen LogP contribution >= 0.6 is 0 Å². The van der Waals surface area contributed by atoms with E-state index in [1.165, 1.54) is 6.07 Å². The van der Waals surface area contributed by atoms with E-state index in [2.05, 4.69) is 32.6 Å². The third-order valence-electron chi connectivity index (χ3n) is 5.06. The maximum absolute atomic E-state index is 13.5. The van der Waals surface area contributed by atoms with Crippen LogP contribution in [0.1, 0.15) is 51.7 Å². The zero-order valence-corrected chi connectivity index (χ0v) is 14.2. The lowest BCUT2D eigenvalue weighted by molar-refractivity contribution is 0.0628. The number of hydrogen-bond donors (Lipinski definition) is 1. The Labute approximate surface area is 129 Å². The first kappa shape index (κ1) is 18.1. The maximum Gasteiger partial charge on any atom is 0.123 e. The second-order valence-electron chi connectivity index (χ2n) is 5.86. The van der Waals surface area contributed by atoms with Gasteiger partial charge in [0, 0.05) is 11.6 Å². The summed E-state index contributed by atoms with van der Waals surface area (Å²) in [6, 6.07) is 5.00. The molecular weight excluding hydrogens is 263 g/mol. The normalized spacial score (nSPS) is 13.7. The van der Waals surface area contributed by atoms with E-state index in [1.54, 1.807) is 6.07 Å². The summed E-state index contributed by atoms with van der Waals surface area (Å²) in [6.45, 7) is 12.8. The number of likely N-dealkylation sites (N-methyl/N-ethyl adjacent to an activating group) is 1. The fraction of sp³-hybridized carbons (Fsp3) is 0.667. The second kappa shape index (κ2) is 7.90. The Morgan fingerprint density at radius 2 is 1.71 bits per heavy atom. The zero-order chi connectivity index (χ0) is 16.0. The highest BCUT2D eigenvalue weighted by Gasteiger charge is 2.37. The van der Waals surface area contributed by atoms with Gasteiger partial charge in [-0.05, 0) is 62.5 Å². The summed E-state index contributed by atoms with van der Waals surface area (Å²) < 4.78 is 13.5. The number of rotatable bonds is 8. The van der Waals surface area contributed by atoms with Crippen LogP contribution in [0.25, 0.3) is 0 Å². The van der Waals surface area contributed by atoms with Gasteiger partial charge in [0.05, 0.1) is 0 Å². The summed E-state index contributed by atoms with van der Waals surface area (Å²) in [5.41, 5.74) is 8.75. The largest absolute Gasteiger partial charge is 0.326 e. The fourth-order valence-electron chi connectivity index (χ4n) is 3.60. The van der Waals surface area contributed by atoms with Gasteiger partial charge in [-0.1, -0.05) is 33.8 Å². The molecule has 1 atom stereocenters. The SMILES string of the molecule is CCN(CC)C(CC)(CC)C(N)Cc1cc(F)ccc1C. The minimum Gasteiger partial charge on any atom is -0.326 e. The Bertz CT molecular complexity index is 437. The van der Waals surface area contributed by atoms with Crippen molar-refractivity contribution in [2.45, 2.75) is 65.5 Å². The quantitative estimate of drug-likeness (QED) is 0.788. The van der Waals surface area contributed by atoms with Crippen LogP contribution in [0.2, 0.25) is 0 Å². The van der Waals surface area contributed by atoms with E-state index >= 15 is 0 Å². The van der Waals surface area contributed by atoms with Crippen LogP contribution in [0.4, 0.5) is 4.39 Å². The van der Waals surface area contributed by atoms with Crippen LogP contribution in [0.3, 0.4) is 0 Å². The molecule has 1 aromatic rings. The molecule has 1 rings (SSSR count). The van der Waals surface area contributed by atoms with Crippen molar-refractivity contribution in [1.29, 1.82) is 0 Å². The Morgan fingerprint density at radius 3 is 2.19 bits per heavy atom. The summed E-state index contributed by atoms with van der Waals surface area (Å²) in [4.78, 5) is 2.46. The first-order valence-corrected chi connectivity index (χ1v) is 8.20. The Morgan fingerprint density at radius 1 is 1.14 bits per heavy atom. The third kappa shape index (κ3) is 3.83. The predicted molar refractivity (Wildman–Crippen MR) is 89.1 cm³/mol. The Kier molecular flexibility index (Phi) is 6.82. The van der Waals surface area contributed by atoms with Crippen LogP contribution in [-0.2, 0) is 6.42 Å². The molecule has 0 aliphatic rings. The molecule has 3 heteroatoms. The molecule has 0 saturated heterocycles. The van der Waals surface area contributed by atoms with Gasteiger partial charge < -0.3 is 5.73 Å². The van der Waals surface area contributed by atoms with E-state index in [0.717, 1.165) is 43.5 Å². The van der Waals surface area contributed by atoms with Crippen LogP contribution < -0.4 is 5.73 Å². The highest BCUT2D eigenvalue weighted by atomic mass is 19.1. The van der Waals surface area contributed by atoms with Crippen molar-refractivity contribution in [3.8, 4) is 0 Å². The summed E-state index contributed by atoms with van der Waals surface area (Å²) >= 11 is 0. The maximum atomic E-state index is 13.5. The summed E-state index contributed by atoms with van der Waals surface area (Å²) in [5.74, 6) is -0.177. The lowest BCUT2D eigenvalue weighted by Crippen LogP contribution is -2.60. The lowest BCUT2D eigenvalue weighted by Gasteiger charge is -2.47. The third-order valence-corrected chi connectivity index (χ3v) is 5.06. The van der Waals surface area contributed by atoms with Gasteiger partial charge in [0.1, 0.15) is 5.82 Å². The monoisotopic (exact) mass is 294 g/mol. The van der Waals surface area contributed by atoms with Gasteiger partial charge in [-0.15, -0.1) is 0 Å². The molecule has 21 heavy (non-hydrogen) atoms. The molecule has 0 aliphatic carbocycles. The molecule has 2 N–H and O–H groups in total. The number of nitrogens with two attached hydrogens (primary N) is 1. The molecule has 0 spiro atoms. The number of halogens is 1. The highest BCUT2D eigenvalue weighted by Crippen LogP contribution is 2.29. The van der Waals surface area contributed by atoms with Crippen molar-refractivity contribution in [3.05, 3.63) is 35.1 Å². The molecule has 0 fully saturated rings. The van der Waals surface area contributed by atoms with E-state index in [9.17, 15) is 4.39 Å². The number of nitrogens with zero attached hydrogens (tertiary/aromatic N) is 1. The molecule has 0 heterocycles. The Balaban J connectivity index is 3.06. The van der Waals surface area contributed by atoms with E-state index in [0.29, 0.717) is 0 Å². The van der Waals surface area contributed by atoms with Crippen LogP contribution in [0, 0.1) is 12.7 Å². The molecule has 0 bridgehead atoms. The van der Waals surface area contributed by atoms with Gasteiger partial charge in [-0.3, -0.25) is 4.90 Å². The van der Waals surface area contributed by atoms with Crippen LogP contribution in [0.5, 0.6) is 0 Å². The van der Waals surface area contributed by atoms with E-state index in [4.69, 9.17) is 5.73 Å². The van der Waals surface area contributed by atoms with Gasteiger partial charge in [0.2, 0.25) is 0 Å². The number of aryl methyl sites for hydroxylation is 1. The first-order valence-electron chi connectivity index (χ1n) is 8.20. The number of benzene rings is 1. The highest BCUT2D eigenvalue weighted by molar-refractivity contribution is 5.28. The van der Waals surface area contributed by atoms with Crippen molar-refractivity contribution in [2.24, 2.45) is 5.73 Å². The Hall–Kier alpha value is -0.930. The standard InChI is InChI=1S/C18H31FN2/c1-6-18(7-2,21(8-3)9-4)17(20)13-15-12-16(19)11-10-14(15)5/h10-12,17H,6-9,13,20H2,1-5H3. The molecule has 0 saturated carbocycles. The molecule has 0 amide bonds. The van der Waals surface area contributed by atoms with Gasteiger partial charge in [0.25, 0.3) is 0 Å². The average Bonchev–Trinajstić information content (AvgIpc) is 2.48. The van der Waals surface area contributed by atoms with Crippen molar-refractivity contribution in [2.75, 3.05) is 13.1 Å². The molecule has 1 aromatic carbocycles. The summed E-state index contributed by atoms with van der Waals surface area (Å²) in [5, 5.41) is 0. The molecule has 0 aromatic heterocycles. The predicted octanol–water partition coefficient (Wildman–Crippen LogP) is 3.90. The van der Waals surface area contributed by atoms with Crippen LogP contribution in [0.15, 0.2) is 18.2 Å². The van der Waals surface area contributed by atoms with Crippen molar-refractivity contribution < 1.29 is 4.39 Å². The van der Waals surface area contributed by atoms with Gasteiger partial charge in [-0.25, -0.2) is 4.39 Å². The van der Waals surface area contributed by atoms with Crippen molar-refractivity contribution in [3.63, 3.8) is 0 Å². The van der Waals surface area contributed by atoms with Gasteiger partial charge in [0.15, 0.2) is 0 Å². The topological polar surface area (TPSA) is 29.3 Å². The van der Waals surface area contributed by atoms with Gasteiger partial charge >= 0.3 is 0 Å².